The number of carbonyl (C=O) groups is 2. The third-order valence-electron chi connectivity index (χ3n) is 10.8. The molecule has 3 N–H and O–H groups in total. The lowest BCUT2D eigenvalue weighted by Gasteiger charge is -2.37. The average molecular weight is 753 g/mol. The Morgan fingerprint density at radius 2 is 1.84 bits per heavy atom. The van der Waals surface area contributed by atoms with E-state index in [0.717, 1.165) is 43.5 Å². The Morgan fingerprint density at radius 1 is 1.06 bits per heavy atom. The second kappa shape index (κ2) is 13.5. The van der Waals surface area contributed by atoms with Crippen LogP contribution in [0.3, 0.4) is 0 Å². The van der Waals surface area contributed by atoms with Crippen molar-refractivity contribution in [2.75, 3.05) is 23.9 Å². The van der Waals surface area contributed by atoms with E-state index < -0.39 is 13.7 Å². The zero-order valence-corrected chi connectivity index (χ0v) is 31.3. The van der Waals surface area contributed by atoms with Crippen LogP contribution in [0.25, 0.3) is 10.9 Å². The van der Waals surface area contributed by atoms with Gasteiger partial charge in [-0.1, -0.05) is 83.6 Å². The first-order chi connectivity index (χ1) is 24.1. The minimum Gasteiger partial charge on any atom is -0.497 e. The topological polar surface area (TPSA) is 104 Å². The first-order valence-electron chi connectivity index (χ1n) is 17.1. The van der Waals surface area contributed by atoms with Crippen molar-refractivity contribution < 1.29 is 24.2 Å². The highest BCUT2D eigenvalue weighted by atomic mass is 79.9. The van der Waals surface area contributed by atoms with E-state index >= 15 is 0 Å². The minimum atomic E-state index is -2.28. The monoisotopic (exact) mass is 751 g/mol. The molecule has 1 fully saturated rings. The molecule has 0 saturated carbocycles. The maximum atomic E-state index is 15.0. The molecule has 0 unspecified atom stereocenters. The van der Waals surface area contributed by atoms with Crippen LogP contribution < -0.4 is 20.1 Å². The zero-order chi connectivity index (χ0) is 35.2. The fraction of sp³-hybridized carbons (Fsp3) is 0.300. The number of amides is 2. The summed E-state index contributed by atoms with van der Waals surface area (Å²) in [5.41, 5.74) is 4.00. The molecule has 3 heterocycles. The number of anilines is 2. The van der Waals surface area contributed by atoms with Crippen molar-refractivity contribution >= 4 is 63.3 Å². The highest BCUT2D eigenvalue weighted by Crippen LogP contribution is 2.60. The van der Waals surface area contributed by atoms with Crippen molar-refractivity contribution in [3.8, 4) is 5.75 Å². The number of methoxy groups -OCH3 is 1. The molecule has 4 atom stereocenters. The first kappa shape index (κ1) is 34.2. The van der Waals surface area contributed by atoms with Gasteiger partial charge in [0.2, 0.25) is 5.91 Å². The van der Waals surface area contributed by atoms with Gasteiger partial charge < -0.3 is 29.8 Å². The Morgan fingerprint density at radius 3 is 2.60 bits per heavy atom. The number of aliphatic hydroxyl groups is 1. The minimum absolute atomic E-state index is 0.0286. The number of aromatic nitrogens is 1. The standard InChI is InChI=1S/C40H42BrN3O5Si/c1-25-38(50(3,4)31-15-13-30(48-2)14-16-31)36(18-19-45)49-40(25)33-22-28(41)12-17-35(33)44(39(40)47)24-26-8-7-9-29(20-26)43-37(46)21-27-23-42-34-11-6-5-10-32(27)34/h5-17,20,22-23,25,36,38,42,45H,18-19,21,24H2,1-4H3,(H,43,46)/t25-,36+,38-,40+/m0/s1. The van der Waals surface area contributed by atoms with Gasteiger partial charge in [0.1, 0.15) is 5.75 Å². The third-order valence-corrected chi connectivity index (χ3v) is 15.6. The number of benzene rings is 4. The van der Waals surface area contributed by atoms with Gasteiger partial charge in [-0.05, 0) is 71.6 Å². The molecule has 2 aliphatic rings. The van der Waals surface area contributed by atoms with E-state index in [4.69, 9.17) is 9.47 Å². The molecule has 0 aliphatic carbocycles. The number of para-hydroxylation sites is 1. The van der Waals surface area contributed by atoms with Gasteiger partial charge in [-0.2, -0.15) is 0 Å². The Bertz CT molecular complexity index is 2060. The van der Waals surface area contributed by atoms with Crippen molar-refractivity contribution in [1.82, 2.24) is 4.98 Å². The number of ether oxygens (including phenoxy) is 2. The van der Waals surface area contributed by atoms with Gasteiger partial charge in [-0.3, -0.25) is 9.59 Å². The van der Waals surface area contributed by atoms with Gasteiger partial charge in [-0.15, -0.1) is 0 Å². The van der Waals surface area contributed by atoms with Crippen molar-refractivity contribution in [3.63, 3.8) is 0 Å². The molecule has 50 heavy (non-hydrogen) atoms. The van der Waals surface area contributed by atoms with Gasteiger partial charge >= 0.3 is 0 Å². The van der Waals surface area contributed by atoms with Crippen LogP contribution in [0.15, 0.2) is 102 Å². The van der Waals surface area contributed by atoms with E-state index in [-0.39, 0.29) is 42.4 Å². The summed E-state index contributed by atoms with van der Waals surface area (Å²) in [4.78, 5) is 33.1. The number of aromatic amines is 1. The van der Waals surface area contributed by atoms with E-state index in [9.17, 15) is 14.7 Å². The zero-order valence-electron chi connectivity index (χ0n) is 28.7. The maximum absolute atomic E-state index is 15.0. The largest absolute Gasteiger partial charge is 0.497 e. The summed E-state index contributed by atoms with van der Waals surface area (Å²) in [5, 5.41) is 15.5. The molecule has 8 nitrogen and oxygen atoms in total. The smallest absolute Gasteiger partial charge is 0.264 e. The summed E-state index contributed by atoms with van der Waals surface area (Å²) in [7, 11) is -0.614. The third kappa shape index (κ3) is 5.87. The Labute approximate surface area is 301 Å². The number of nitrogens with zero attached hydrogens (tertiary/aromatic N) is 1. The number of fused-ring (bicyclic) bond motifs is 3. The van der Waals surface area contributed by atoms with Crippen LogP contribution >= 0.6 is 15.9 Å². The molecule has 258 valence electrons. The van der Waals surface area contributed by atoms with Crippen LogP contribution in [0.4, 0.5) is 11.4 Å². The highest BCUT2D eigenvalue weighted by molar-refractivity contribution is 9.10. The number of aliphatic hydroxyl groups excluding tert-OH is 1. The van der Waals surface area contributed by atoms with Crippen molar-refractivity contribution in [2.45, 2.75) is 56.7 Å². The van der Waals surface area contributed by atoms with Gasteiger partial charge in [0, 0.05) is 45.3 Å². The normalized spacial score (nSPS) is 21.6. The molecular formula is C40H42BrN3O5Si. The lowest BCUT2D eigenvalue weighted by Crippen LogP contribution is -2.51. The van der Waals surface area contributed by atoms with Crippen molar-refractivity contribution in [3.05, 3.63) is 118 Å². The lowest BCUT2D eigenvalue weighted by atomic mass is 9.82. The summed E-state index contributed by atoms with van der Waals surface area (Å²) < 4.78 is 13.3. The summed E-state index contributed by atoms with van der Waals surface area (Å²) in [5.74, 6) is 0.424. The van der Waals surface area contributed by atoms with E-state index in [0.29, 0.717) is 18.7 Å². The van der Waals surface area contributed by atoms with E-state index in [1.807, 2.05) is 90.0 Å². The van der Waals surface area contributed by atoms with Crippen LogP contribution in [0.2, 0.25) is 18.6 Å². The molecule has 1 saturated heterocycles. The Balaban J connectivity index is 1.17. The Hall–Kier alpha value is -4.22. The van der Waals surface area contributed by atoms with Gasteiger partial charge in [0.15, 0.2) is 5.60 Å². The van der Waals surface area contributed by atoms with Crippen LogP contribution in [0.5, 0.6) is 5.75 Å². The number of nitrogens with one attached hydrogen (secondary N) is 2. The molecule has 1 aromatic heterocycles. The molecule has 4 aromatic carbocycles. The summed E-state index contributed by atoms with van der Waals surface area (Å²) >= 11 is 3.67. The number of rotatable bonds is 10. The Kier molecular flexibility index (Phi) is 9.23. The molecular weight excluding hydrogens is 710 g/mol. The van der Waals surface area contributed by atoms with Crippen LogP contribution in [0, 0.1) is 5.92 Å². The lowest BCUT2D eigenvalue weighted by molar-refractivity contribution is -0.146. The molecule has 0 bridgehead atoms. The maximum Gasteiger partial charge on any atom is 0.264 e. The number of hydrogen-bond donors (Lipinski definition) is 3. The van der Waals surface area contributed by atoms with E-state index in [1.165, 1.54) is 5.19 Å². The molecule has 7 rings (SSSR count). The number of halogens is 1. The SMILES string of the molecule is COc1ccc([Si](C)(C)[C@@H]2[C@@H](CCO)O[C@]3(C(=O)N(Cc4cccc(NC(=O)Cc5c[nH]c6ccccc56)c4)c4ccc(Br)cc43)[C@H]2C)cc1. The summed E-state index contributed by atoms with van der Waals surface area (Å²) in [6.07, 6.45) is 2.27. The van der Waals surface area contributed by atoms with Crippen LogP contribution in [-0.2, 0) is 32.9 Å². The first-order valence-corrected chi connectivity index (χ1v) is 20.9. The van der Waals surface area contributed by atoms with Crippen molar-refractivity contribution in [2.24, 2.45) is 5.92 Å². The average Bonchev–Trinajstić information content (AvgIpc) is 3.72. The van der Waals surface area contributed by atoms with Crippen LogP contribution in [0.1, 0.15) is 30.0 Å². The van der Waals surface area contributed by atoms with Gasteiger partial charge in [-0.25, -0.2) is 0 Å². The molecule has 1 spiro atoms. The molecule has 2 aliphatic heterocycles. The number of hydrogen-bond acceptors (Lipinski definition) is 5. The summed E-state index contributed by atoms with van der Waals surface area (Å²) in [6.45, 7) is 7.10. The predicted octanol–water partition coefficient (Wildman–Crippen LogP) is 7.27. The second-order valence-corrected chi connectivity index (χ2v) is 19.6. The van der Waals surface area contributed by atoms with Crippen molar-refractivity contribution in [1.29, 1.82) is 0 Å². The molecule has 2 amide bonds. The number of H-pyrrole nitrogens is 1. The summed E-state index contributed by atoms with van der Waals surface area (Å²) in [6, 6.07) is 29.8. The van der Waals surface area contributed by atoms with E-state index in [1.54, 1.807) is 7.11 Å². The fourth-order valence-corrected chi connectivity index (χ4v) is 12.8. The number of carbonyl (C=O) groups excluding carboxylic acids is 2. The van der Waals surface area contributed by atoms with Crippen LogP contribution in [-0.4, -0.2) is 49.8 Å². The van der Waals surface area contributed by atoms with Gasteiger partial charge in [0.25, 0.3) is 5.91 Å². The fourth-order valence-electron chi connectivity index (χ4n) is 8.43. The molecule has 0 radical (unpaired) electrons. The van der Waals surface area contributed by atoms with E-state index in [2.05, 4.69) is 58.4 Å². The predicted molar refractivity (Wildman–Crippen MR) is 204 cm³/mol. The molecule has 5 aromatic rings. The van der Waals surface area contributed by atoms with Gasteiger partial charge in [0.05, 0.1) is 39.9 Å². The molecule has 10 heteroatoms. The quantitative estimate of drug-likeness (QED) is 0.130. The second-order valence-electron chi connectivity index (χ2n) is 14.0. The highest BCUT2D eigenvalue weighted by Gasteiger charge is 2.66.